The Morgan fingerprint density at radius 3 is 2.40 bits per heavy atom. The summed E-state index contributed by atoms with van der Waals surface area (Å²) in [7, 11) is 0. The van der Waals surface area contributed by atoms with Crippen molar-refractivity contribution in [2.75, 3.05) is 13.1 Å². The van der Waals surface area contributed by atoms with Crippen LogP contribution in [0.4, 0.5) is 0 Å². The van der Waals surface area contributed by atoms with Crippen LogP contribution >= 0.6 is 0 Å². The lowest BCUT2D eigenvalue weighted by Crippen LogP contribution is -2.52. The fraction of sp³-hybridized carbons (Fsp3) is 0.364. The number of carbonyl (C=O) groups excluding carboxylic acids is 3. The number of guanidine groups is 1. The van der Waals surface area contributed by atoms with E-state index in [-0.39, 0.29) is 24.7 Å². The van der Waals surface area contributed by atoms with Gasteiger partial charge in [-0.15, -0.1) is 0 Å². The van der Waals surface area contributed by atoms with Gasteiger partial charge >= 0.3 is 5.97 Å². The van der Waals surface area contributed by atoms with E-state index in [9.17, 15) is 24.3 Å². The lowest BCUT2D eigenvalue weighted by Gasteiger charge is -2.29. The molecule has 3 aromatic carbocycles. The average molecular weight is 616 g/mol. The van der Waals surface area contributed by atoms with E-state index in [0.29, 0.717) is 44.3 Å². The topological polar surface area (TPSA) is 206 Å². The van der Waals surface area contributed by atoms with Gasteiger partial charge in [-0.25, -0.2) is 4.79 Å². The minimum Gasteiger partial charge on any atom is -0.480 e. The lowest BCUT2D eigenvalue weighted by molar-refractivity contribution is -0.142. The smallest absolute Gasteiger partial charge is 0.326 e. The van der Waals surface area contributed by atoms with E-state index in [1.165, 1.54) is 4.90 Å². The molecule has 0 unspecified atom stereocenters. The highest BCUT2D eigenvalue weighted by Gasteiger charge is 2.37. The molecule has 1 aliphatic heterocycles. The van der Waals surface area contributed by atoms with Crippen LogP contribution in [0.5, 0.6) is 0 Å². The Balaban J connectivity index is 1.51. The summed E-state index contributed by atoms with van der Waals surface area (Å²) in [4.78, 5) is 57.8. The number of nitrogens with two attached hydrogens (primary N) is 3. The highest BCUT2D eigenvalue weighted by atomic mass is 16.4. The second-order valence-corrected chi connectivity index (χ2v) is 11.2. The summed E-state index contributed by atoms with van der Waals surface area (Å²) >= 11 is 0. The monoisotopic (exact) mass is 615 g/mol. The van der Waals surface area contributed by atoms with Crippen molar-refractivity contribution in [3.63, 3.8) is 0 Å². The summed E-state index contributed by atoms with van der Waals surface area (Å²) < 4.78 is 0. The number of nitrogens with zero attached hydrogens (tertiary/aromatic N) is 2. The molecule has 4 rings (SSSR count). The molecule has 0 radical (unpaired) electrons. The van der Waals surface area contributed by atoms with Gasteiger partial charge in [-0.05, 0) is 47.6 Å². The molecule has 9 N–H and O–H groups in total. The number of benzene rings is 3. The Hall–Kier alpha value is -4.97. The number of carbonyl (C=O) groups is 4. The third-order valence-electron chi connectivity index (χ3n) is 7.94. The molecule has 12 heteroatoms. The van der Waals surface area contributed by atoms with Crippen molar-refractivity contribution >= 4 is 40.4 Å². The molecule has 1 saturated heterocycles. The first kappa shape index (κ1) is 32.9. The van der Waals surface area contributed by atoms with Gasteiger partial charge in [-0.3, -0.25) is 19.4 Å². The number of carboxylic acid groups (broad SMARTS) is 1. The third-order valence-corrected chi connectivity index (χ3v) is 7.94. The molecular weight excluding hydrogens is 574 g/mol. The van der Waals surface area contributed by atoms with E-state index in [1.807, 2.05) is 48.5 Å². The Morgan fingerprint density at radius 1 is 0.956 bits per heavy atom. The van der Waals surface area contributed by atoms with Gasteiger partial charge < -0.3 is 37.8 Å². The minimum atomic E-state index is -1.16. The fourth-order valence-electron chi connectivity index (χ4n) is 5.71. The van der Waals surface area contributed by atoms with Crippen molar-refractivity contribution in [2.24, 2.45) is 22.2 Å². The standard InChI is InChI=1S/C33H41N7O5/c34-25(15-7-17-37-33(35)36)31(43)40-18-8-16-28(40)30(42)39-26(24-14-6-12-22-11-4-5-13-23(22)24)20-29(41)38-27(32(44)45)19-21-9-2-1-3-10-21/h1-6,9-14,25-28H,7-8,15-20,34H2,(H,38,41)(H,39,42)(H,44,45)(H4,35,36,37)/t25-,26-,27-,28-/m0/s1. The summed E-state index contributed by atoms with van der Waals surface area (Å²) in [5.41, 5.74) is 18.4. The second kappa shape index (κ2) is 15.7. The quantitative estimate of drug-likeness (QED) is 0.0889. The zero-order chi connectivity index (χ0) is 32.3. The van der Waals surface area contributed by atoms with Gasteiger partial charge in [0, 0.05) is 19.5 Å². The van der Waals surface area contributed by atoms with Gasteiger partial charge in [0.2, 0.25) is 17.7 Å². The predicted octanol–water partition coefficient (Wildman–Crippen LogP) is 1.57. The van der Waals surface area contributed by atoms with Crippen molar-refractivity contribution in [2.45, 2.75) is 62.7 Å². The van der Waals surface area contributed by atoms with Gasteiger partial charge in [0.1, 0.15) is 12.1 Å². The fourth-order valence-corrected chi connectivity index (χ4v) is 5.71. The van der Waals surface area contributed by atoms with Crippen LogP contribution in [0.25, 0.3) is 10.8 Å². The van der Waals surface area contributed by atoms with Gasteiger partial charge in [-0.1, -0.05) is 72.8 Å². The lowest BCUT2D eigenvalue weighted by atomic mass is 9.95. The van der Waals surface area contributed by atoms with E-state index in [0.717, 1.165) is 16.3 Å². The van der Waals surface area contributed by atoms with Gasteiger partial charge in [0.25, 0.3) is 0 Å². The molecule has 3 aromatic rings. The van der Waals surface area contributed by atoms with Crippen LogP contribution in [0.2, 0.25) is 0 Å². The maximum atomic E-state index is 13.8. The number of amides is 3. The number of aliphatic carboxylic acids is 1. The Bertz CT molecular complexity index is 1520. The van der Waals surface area contributed by atoms with Crippen LogP contribution in [0.3, 0.4) is 0 Å². The summed E-state index contributed by atoms with van der Waals surface area (Å²) in [6.45, 7) is 0.730. The van der Waals surface area contributed by atoms with Gasteiger partial charge in [0.15, 0.2) is 5.96 Å². The maximum absolute atomic E-state index is 13.8. The zero-order valence-electron chi connectivity index (χ0n) is 25.1. The largest absolute Gasteiger partial charge is 0.480 e. The predicted molar refractivity (Wildman–Crippen MR) is 172 cm³/mol. The summed E-state index contributed by atoms with van der Waals surface area (Å²) in [5.74, 6) is -2.46. The van der Waals surface area contributed by atoms with Crippen molar-refractivity contribution in [3.8, 4) is 0 Å². The second-order valence-electron chi connectivity index (χ2n) is 11.2. The third kappa shape index (κ3) is 9.02. The summed E-state index contributed by atoms with van der Waals surface area (Å²) in [6, 6.07) is 18.7. The molecule has 1 heterocycles. The SMILES string of the molecule is NC(N)=NCCC[C@H](N)C(=O)N1CCC[C@H]1C(=O)N[C@@H](CC(=O)N[C@@H](Cc1ccccc1)C(=O)O)c1cccc2ccccc12. The van der Waals surface area contributed by atoms with Crippen LogP contribution in [0.15, 0.2) is 77.8 Å². The van der Waals surface area contributed by atoms with Gasteiger partial charge in [-0.2, -0.15) is 0 Å². The van der Waals surface area contributed by atoms with Crippen LogP contribution in [0.1, 0.15) is 49.3 Å². The minimum absolute atomic E-state index is 0.0321. The highest BCUT2D eigenvalue weighted by molar-refractivity contribution is 5.92. The number of carboxylic acids is 1. The molecule has 0 saturated carbocycles. The number of hydrogen-bond donors (Lipinski definition) is 6. The van der Waals surface area contributed by atoms with Crippen molar-refractivity contribution in [3.05, 3.63) is 83.9 Å². The number of hydrogen-bond acceptors (Lipinski definition) is 6. The normalized spacial score (nSPS) is 16.4. The molecule has 12 nitrogen and oxygen atoms in total. The van der Waals surface area contributed by atoms with E-state index >= 15 is 0 Å². The first-order valence-corrected chi connectivity index (χ1v) is 15.1. The van der Waals surface area contributed by atoms with Crippen molar-refractivity contribution in [1.29, 1.82) is 0 Å². The van der Waals surface area contributed by atoms with Gasteiger partial charge in [0.05, 0.1) is 18.5 Å². The van der Waals surface area contributed by atoms with Crippen LogP contribution in [0, 0.1) is 0 Å². The average Bonchev–Trinajstić information content (AvgIpc) is 3.52. The first-order valence-electron chi connectivity index (χ1n) is 15.1. The molecule has 0 aromatic heterocycles. The van der Waals surface area contributed by atoms with Crippen LogP contribution in [-0.2, 0) is 25.6 Å². The van der Waals surface area contributed by atoms with E-state index in [2.05, 4.69) is 15.6 Å². The van der Waals surface area contributed by atoms with Crippen molar-refractivity contribution in [1.82, 2.24) is 15.5 Å². The molecule has 1 aliphatic rings. The molecule has 0 aliphatic carbocycles. The molecule has 3 amide bonds. The first-order chi connectivity index (χ1) is 21.6. The Morgan fingerprint density at radius 2 is 1.67 bits per heavy atom. The van der Waals surface area contributed by atoms with E-state index < -0.39 is 42.0 Å². The van der Waals surface area contributed by atoms with Crippen LogP contribution < -0.4 is 27.8 Å². The highest BCUT2D eigenvalue weighted by Crippen LogP contribution is 2.28. The number of aliphatic imine (C=N–C) groups is 1. The molecular formula is C33H41N7O5. The maximum Gasteiger partial charge on any atom is 0.326 e. The number of fused-ring (bicyclic) bond motifs is 1. The molecule has 1 fully saturated rings. The molecule has 0 spiro atoms. The number of rotatable bonds is 14. The Kier molecular flexibility index (Phi) is 11.5. The molecule has 45 heavy (non-hydrogen) atoms. The van der Waals surface area contributed by atoms with Crippen molar-refractivity contribution < 1.29 is 24.3 Å². The summed E-state index contributed by atoms with van der Waals surface area (Å²) in [5, 5.41) is 17.2. The number of nitrogens with one attached hydrogen (secondary N) is 2. The number of likely N-dealkylation sites (tertiary alicyclic amines) is 1. The van der Waals surface area contributed by atoms with Crippen LogP contribution in [-0.4, -0.2) is 70.9 Å². The molecule has 238 valence electrons. The zero-order valence-corrected chi connectivity index (χ0v) is 25.1. The van der Waals surface area contributed by atoms with E-state index in [4.69, 9.17) is 17.2 Å². The Labute approximate surface area is 262 Å². The molecule has 4 atom stereocenters. The summed E-state index contributed by atoms with van der Waals surface area (Å²) in [6.07, 6.45) is 1.85. The van der Waals surface area contributed by atoms with E-state index in [1.54, 1.807) is 24.3 Å². The molecule has 0 bridgehead atoms.